The van der Waals surface area contributed by atoms with Crippen LogP contribution in [0.25, 0.3) is 0 Å². The monoisotopic (exact) mass is 334 g/mol. The first-order valence-corrected chi connectivity index (χ1v) is 8.79. The first-order valence-electron chi connectivity index (χ1n) is 7.91. The summed E-state index contributed by atoms with van der Waals surface area (Å²) >= 11 is 1.69. The van der Waals surface area contributed by atoms with Crippen LogP contribution in [0.1, 0.15) is 43.3 Å². The van der Waals surface area contributed by atoms with Gasteiger partial charge in [-0.15, -0.1) is 11.3 Å². The fraction of sp³-hybridized carbons (Fsp3) is 0.562. The van der Waals surface area contributed by atoms with E-state index in [9.17, 15) is 9.90 Å². The van der Waals surface area contributed by atoms with Crippen molar-refractivity contribution in [3.8, 4) is 0 Å². The Balaban J connectivity index is 1.66. The number of aromatic nitrogens is 3. The van der Waals surface area contributed by atoms with Crippen LogP contribution in [0.3, 0.4) is 0 Å². The summed E-state index contributed by atoms with van der Waals surface area (Å²) in [5.41, 5.74) is 0.227. The van der Waals surface area contributed by atoms with Crippen LogP contribution < -0.4 is 0 Å². The standard InChI is InChI=1S/C16H22N4O2S/c1-12(2)13-11-23-14(18-13)10-19-8-4-16(5-9-19,15(21)22)20-7-3-6-17-20/h3,6-7,11-12H,4-5,8-10H2,1-2H3,(H,21,22). The maximum Gasteiger partial charge on any atom is 0.331 e. The average Bonchev–Trinajstić information content (AvgIpc) is 3.19. The SMILES string of the molecule is CC(C)c1csc(CN2CCC(C(=O)O)(n3cccn3)CC2)n1. The van der Waals surface area contributed by atoms with Crippen LogP contribution in [0.2, 0.25) is 0 Å². The van der Waals surface area contributed by atoms with Crippen LogP contribution in [0, 0.1) is 0 Å². The van der Waals surface area contributed by atoms with Crippen molar-refractivity contribution in [2.75, 3.05) is 13.1 Å². The van der Waals surface area contributed by atoms with Crippen molar-refractivity contribution in [1.82, 2.24) is 19.7 Å². The molecule has 0 unspecified atom stereocenters. The van der Waals surface area contributed by atoms with Crippen LogP contribution in [0.15, 0.2) is 23.8 Å². The van der Waals surface area contributed by atoms with E-state index in [1.807, 2.05) is 0 Å². The third-order valence-electron chi connectivity index (χ3n) is 4.54. The Kier molecular flexibility index (Phi) is 4.50. The topological polar surface area (TPSA) is 71.2 Å². The quantitative estimate of drug-likeness (QED) is 0.910. The van der Waals surface area contributed by atoms with Crippen molar-refractivity contribution >= 4 is 17.3 Å². The molecular formula is C16H22N4O2S. The number of rotatable bonds is 5. The smallest absolute Gasteiger partial charge is 0.331 e. The normalized spacial score (nSPS) is 18.4. The summed E-state index contributed by atoms with van der Waals surface area (Å²) in [4.78, 5) is 18.8. The lowest BCUT2D eigenvalue weighted by molar-refractivity contribution is -0.151. The lowest BCUT2D eigenvalue weighted by atomic mass is 9.87. The van der Waals surface area contributed by atoms with Gasteiger partial charge in [0.05, 0.1) is 12.2 Å². The second-order valence-electron chi connectivity index (χ2n) is 6.38. The van der Waals surface area contributed by atoms with Crippen molar-refractivity contribution in [3.63, 3.8) is 0 Å². The molecule has 23 heavy (non-hydrogen) atoms. The zero-order valence-electron chi connectivity index (χ0n) is 13.5. The van der Waals surface area contributed by atoms with E-state index in [-0.39, 0.29) is 0 Å². The van der Waals surface area contributed by atoms with Crippen LogP contribution in [-0.2, 0) is 16.9 Å². The minimum atomic E-state index is -0.911. The molecule has 0 aromatic carbocycles. The molecular weight excluding hydrogens is 312 g/mol. The number of piperidine rings is 1. The lowest BCUT2D eigenvalue weighted by Gasteiger charge is -2.38. The Labute approximate surface area is 139 Å². The number of hydrogen-bond acceptors (Lipinski definition) is 5. The minimum absolute atomic E-state index is 0.445. The number of aliphatic carboxylic acids is 1. The Bertz CT molecular complexity index is 657. The number of carboxylic acid groups (broad SMARTS) is 1. The Morgan fingerprint density at radius 2 is 2.17 bits per heavy atom. The molecule has 1 fully saturated rings. The largest absolute Gasteiger partial charge is 0.479 e. The van der Waals surface area contributed by atoms with E-state index < -0.39 is 11.5 Å². The van der Waals surface area contributed by atoms with Gasteiger partial charge in [0.1, 0.15) is 5.01 Å². The molecule has 2 aromatic heterocycles. The van der Waals surface area contributed by atoms with Gasteiger partial charge >= 0.3 is 5.97 Å². The summed E-state index contributed by atoms with van der Waals surface area (Å²) in [6, 6.07) is 1.78. The number of thiazole rings is 1. The van der Waals surface area contributed by atoms with E-state index in [0.717, 1.165) is 30.3 Å². The summed E-state index contributed by atoms with van der Waals surface area (Å²) in [6.07, 6.45) is 4.51. The summed E-state index contributed by atoms with van der Waals surface area (Å²) in [5, 5.41) is 17.1. The molecule has 124 valence electrons. The van der Waals surface area contributed by atoms with Crippen molar-refractivity contribution in [1.29, 1.82) is 0 Å². The molecule has 0 atom stereocenters. The molecule has 3 heterocycles. The second-order valence-corrected chi connectivity index (χ2v) is 7.33. The highest BCUT2D eigenvalue weighted by molar-refractivity contribution is 7.09. The molecule has 6 nitrogen and oxygen atoms in total. The molecule has 1 N–H and O–H groups in total. The predicted octanol–water partition coefficient (Wildman–Crippen LogP) is 2.54. The van der Waals surface area contributed by atoms with Gasteiger partial charge in [0.2, 0.25) is 0 Å². The van der Waals surface area contributed by atoms with Crippen molar-refractivity contribution < 1.29 is 9.90 Å². The summed E-state index contributed by atoms with van der Waals surface area (Å²) in [5.74, 6) is -0.349. The number of hydrogen-bond donors (Lipinski definition) is 1. The molecule has 1 saturated heterocycles. The van der Waals surface area contributed by atoms with E-state index in [4.69, 9.17) is 0 Å². The zero-order chi connectivity index (χ0) is 16.4. The molecule has 0 amide bonds. The molecule has 0 bridgehead atoms. The van der Waals surface area contributed by atoms with Gasteiger partial charge in [-0.2, -0.15) is 5.10 Å². The van der Waals surface area contributed by atoms with Gasteiger partial charge in [0.15, 0.2) is 5.54 Å². The fourth-order valence-electron chi connectivity index (χ4n) is 3.00. The third kappa shape index (κ3) is 3.16. The van der Waals surface area contributed by atoms with Gasteiger partial charge in [-0.3, -0.25) is 9.58 Å². The van der Waals surface area contributed by atoms with Crippen LogP contribution in [-0.4, -0.2) is 43.8 Å². The number of nitrogens with zero attached hydrogens (tertiary/aromatic N) is 4. The predicted molar refractivity (Wildman–Crippen MR) is 88.6 cm³/mol. The average molecular weight is 334 g/mol. The second kappa shape index (κ2) is 6.41. The van der Waals surface area contributed by atoms with Crippen LogP contribution in [0.4, 0.5) is 0 Å². The summed E-state index contributed by atoms with van der Waals surface area (Å²) in [7, 11) is 0. The molecule has 2 aromatic rings. The highest BCUT2D eigenvalue weighted by atomic mass is 32.1. The van der Waals surface area contributed by atoms with Gasteiger partial charge in [-0.25, -0.2) is 9.78 Å². The van der Waals surface area contributed by atoms with Crippen LogP contribution in [0.5, 0.6) is 0 Å². The Hall–Kier alpha value is -1.73. The van der Waals surface area contributed by atoms with E-state index >= 15 is 0 Å². The van der Waals surface area contributed by atoms with Gasteiger partial charge < -0.3 is 5.11 Å². The molecule has 0 saturated carbocycles. The molecule has 0 spiro atoms. The van der Waals surface area contributed by atoms with Crippen molar-refractivity contribution in [2.45, 2.75) is 44.7 Å². The molecule has 1 aliphatic heterocycles. The van der Waals surface area contributed by atoms with E-state index in [1.165, 1.54) is 0 Å². The molecule has 0 aliphatic carbocycles. The molecule has 7 heteroatoms. The fourth-order valence-corrected chi connectivity index (χ4v) is 4.00. The number of carbonyl (C=O) groups is 1. The van der Waals surface area contributed by atoms with E-state index in [1.54, 1.807) is 34.5 Å². The summed E-state index contributed by atoms with van der Waals surface area (Å²) < 4.78 is 1.60. The van der Waals surface area contributed by atoms with E-state index in [0.29, 0.717) is 18.8 Å². The zero-order valence-corrected chi connectivity index (χ0v) is 14.3. The van der Waals surface area contributed by atoms with Gasteiger partial charge in [0.25, 0.3) is 0 Å². The van der Waals surface area contributed by atoms with Gasteiger partial charge in [-0.05, 0) is 24.8 Å². The number of likely N-dealkylation sites (tertiary alicyclic amines) is 1. The van der Waals surface area contributed by atoms with E-state index in [2.05, 4.69) is 34.2 Å². The van der Waals surface area contributed by atoms with Crippen LogP contribution >= 0.6 is 11.3 Å². The maximum atomic E-state index is 11.8. The number of carboxylic acids is 1. The molecule has 1 aliphatic rings. The van der Waals surface area contributed by atoms with Gasteiger partial charge in [-0.1, -0.05) is 13.8 Å². The summed E-state index contributed by atoms with van der Waals surface area (Å²) in [6.45, 7) is 6.56. The van der Waals surface area contributed by atoms with Gasteiger partial charge in [0, 0.05) is 30.9 Å². The highest BCUT2D eigenvalue weighted by Crippen LogP contribution is 2.31. The first-order chi connectivity index (χ1) is 11.0. The maximum absolute atomic E-state index is 11.8. The third-order valence-corrected chi connectivity index (χ3v) is 5.40. The molecule has 3 rings (SSSR count). The highest BCUT2D eigenvalue weighted by Gasteiger charge is 2.43. The lowest BCUT2D eigenvalue weighted by Crippen LogP contribution is -2.51. The van der Waals surface area contributed by atoms with Crippen molar-refractivity contribution in [3.05, 3.63) is 34.5 Å². The molecule has 0 radical (unpaired) electrons. The Morgan fingerprint density at radius 1 is 1.43 bits per heavy atom. The van der Waals surface area contributed by atoms with Crippen molar-refractivity contribution in [2.24, 2.45) is 0 Å². The minimum Gasteiger partial charge on any atom is -0.479 e. The first kappa shape index (κ1) is 16.1. The Morgan fingerprint density at radius 3 is 2.70 bits per heavy atom.